The van der Waals surface area contributed by atoms with Crippen molar-refractivity contribution in [2.75, 3.05) is 0 Å². The summed E-state index contributed by atoms with van der Waals surface area (Å²) >= 11 is 0. The molecule has 0 bridgehead atoms. The van der Waals surface area contributed by atoms with Gasteiger partial charge in [-0.1, -0.05) is 0 Å². The molecule has 0 saturated carbocycles. The first-order chi connectivity index (χ1) is 0. The topological polar surface area (TPSA) is 57.0 Å². The van der Waals surface area contributed by atoms with Crippen molar-refractivity contribution in [3.8, 4) is 0 Å². The van der Waals surface area contributed by atoms with Gasteiger partial charge in [0.15, 0.2) is 0 Å². The summed E-state index contributed by atoms with van der Waals surface area (Å²) in [5.41, 5.74) is 0. The summed E-state index contributed by atoms with van der Waals surface area (Å²) in [5, 5.41) is 0. The van der Waals surface area contributed by atoms with Gasteiger partial charge in [0.1, 0.15) is 0 Å². The second-order valence-corrected chi connectivity index (χ2v) is 0. The summed E-state index contributed by atoms with van der Waals surface area (Å²) in [4.78, 5) is 0. The van der Waals surface area contributed by atoms with E-state index in [1.54, 1.807) is 0 Å². The van der Waals surface area contributed by atoms with E-state index >= 15 is 0 Å². The van der Waals surface area contributed by atoms with Crippen molar-refractivity contribution >= 4 is 48.9 Å². The van der Waals surface area contributed by atoms with E-state index in [4.69, 9.17) is 0 Å². The molecule has 0 aliphatic heterocycles. The van der Waals surface area contributed by atoms with E-state index in [9.17, 15) is 0 Å². The quantitative estimate of drug-likeness (QED) is 0.532. The Morgan fingerprint density at radius 1 is 0.800 bits per heavy atom. The van der Waals surface area contributed by atoms with Gasteiger partial charge in [0.2, 0.25) is 0 Å². The normalized spacial score (nSPS) is 0. The zero-order chi connectivity index (χ0) is 0. The molecule has 28 valence electrons. The minimum Gasteiger partial charge on any atom is -2.00 e. The third-order valence-electron chi connectivity index (χ3n) is 0. The molecule has 0 atom stereocenters. The fraction of sp³-hybridized carbons (Fsp3) is 0. The standard InChI is InChI=1S/Ba.Cr.Cu.2O/q+2;+3;+2;2*-2. The Morgan fingerprint density at radius 2 is 0.800 bits per heavy atom. The summed E-state index contributed by atoms with van der Waals surface area (Å²) in [7, 11) is 0. The molecule has 5 heavy (non-hydrogen) atoms. The van der Waals surface area contributed by atoms with E-state index in [1.165, 1.54) is 0 Å². The Morgan fingerprint density at radius 3 is 0.800 bits per heavy atom. The predicted molar refractivity (Wildman–Crippen MR) is 7.13 cm³/mol. The van der Waals surface area contributed by atoms with E-state index in [0.717, 1.165) is 0 Å². The molecule has 0 rings (SSSR count). The Bertz CT molecular complexity index is 9.61. The van der Waals surface area contributed by atoms with Crippen molar-refractivity contribution in [3.63, 3.8) is 0 Å². The van der Waals surface area contributed by atoms with Crippen LogP contribution in [0.15, 0.2) is 0 Å². The molecule has 0 spiro atoms. The molecule has 0 unspecified atom stereocenters. The van der Waals surface area contributed by atoms with Gasteiger partial charge in [-0.05, 0) is 0 Å². The van der Waals surface area contributed by atoms with Crippen LogP contribution >= 0.6 is 0 Å². The maximum Gasteiger partial charge on any atom is 3.00 e. The summed E-state index contributed by atoms with van der Waals surface area (Å²) in [6.45, 7) is 0. The van der Waals surface area contributed by atoms with E-state index < -0.39 is 0 Å². The molecule has 5 heteroatoms. The number of rotatable bonds is 0. The molecule has 0 aromatic carbocycles. The summed E-state index contributed by atoms with van der Waals surface area (Å²) in [5.74, 6) is 0. The second-order valence-electron chi connectivity index (χ2n) is 0. The largest absolute Gasteiger partial charge is 3.00 e. The van der Waals surface area contributed by atoms with Gasteiger partial charge < -0.3 is 11.0 Å². The minimum absolute atomic E-state index is 0. The molecule has 2 nitrogen and oxygen atoms in total. The van der Waals surface area contributed by atoms with Crippen LogP contribution in [0.1, 0.15) is 0 Å². The van der Waals surface area contributed by atoms with Crippen LogP contribution in [0.2, 0.25) is 0 Å². The van der Waals surface area contributed by atoms with E-state index in [2.05, 4.69) is 0 Å². The molecule has 2 radical (unpaired) electrons. The summed E-state index contributed by atoms with van der Waals surface area (Å²) in [6, 6.07) is 0. The molecule has 0 aromatic rings. The van der Waals surface area contributed by atoms with Crippen LogP contribution in [0, 0.1) is 0 Å². The zero-order valence-electron chi connectivity index (χ0n) is 2.23. The number of hydrogen-bond acceptors (Lipinski definition) is 0. The monoisotopic (exact) mass is 285 g/mol. The summed E-state index contributed by atoms with van der Waals surface area (Å²) < 4.78 is 0. The van der Waals surface area contributed by atoms with Gasteiger partial charge in [0.25, 0.3) is 0 Å². The molecule has 0 N–H and O–H groups in total. The van der Waals surface area contributed by atoms with Gasteiger partial charge >= 0.3 is 83.3 Å². The van der Waals surface area contributed by atoms with E-state index in [0.29, 0.717) is 0 Å². The first-order valence-electron chi connectivity index (χ1n) is 0. The molecule has 0 aromatic heterocycles. The smallest absolute Gasteiger partial charge is 2.00 e. The molecule has 0 fully saturated rings. The van der Waals surface area contributed by atoms with Crippen molar-refractivity contribution < 1.29 is 45.4 Å². The van der Waals surface area contributed by atoms with Crippen LogP contribution in [0.4, 0.5) is 0 Å². The molecule has 0 aliphatic rings. The Labute approximate surface area is 92.4 Å². The SMILES string of the molecule is [Ba+2].[Cr+3].[Cu+2].[O-2].[O-2]. The van der Waals surface area contributed by atoms with Crippen molar-refractivity contribution in [1.29, 1.82) is 0 Å². The molecular weight excluding hydrogens is 285 g/mol. The van der Waals surface area contributed by atoms with Crippen LogP contribution in [-0.4, -0.2) is 48.9 Å². The van der Waals surface area contributed by atoms with Crippen LogP contribution < -0.4 is 0 Å². The molecule has 0 saturated heterocycles. The average molecular weight is 285 g/mol. The van der Waals surface area contributed by atoms with Gasteiger partial charge in [-0.3, -0.25) is 0 Å². The first kappa shape index (κ1) is 49.9. The van der Waals surface area contributed by atoms with Crippen LogP contribution in [0.3, 0.4) is 0 Å². The molecule has 0 heterocycles. The van der Waals surface area contributed by atoms with Crippen molar-refractivity contribution in [2.24, 2.45) is 0 Å². The zero-order valence-corrected chi connectivity index (χ0v) is 8.89. The van der Waals surface area contributed by atoms with Crippen LogP contribution in [-0.2, 0) is 45.4 Å². The van der Waals surface area contributed by atoms with Gasteiger partial charge in [-0.2, -0.15) is 0 Å². The third kappa shape index (κ3) is 20.9. The van der Waals surface area contributed by atoms with Crippen LogP contribution in [0.25, 0.3) is 0 Å². The van der Waals surface area contributed by atoms with Crippen LogP contribution in [0.5, 0.6) is 0 Å². The molecular formula is BaCrCuO2+3. The van der Waals surface area contributed by atoms with Gasteiger partial charge in [0, 0.05) is 0 Å². The molecule has 0 amide bonds. The van der Waals surface area contributed by atoms with Crippen molar-refractivity contribution in [2.45, 2.75) is 0 Å². The fourth-order valence-electron chi connectivity index (χ4n) is 0. The first-order valence-corrected chi connectivity index (χ1v) is 0. The van der Waals surface area contributed by atoms with Crippen molar-refractivity contribution in [1.82, 2.24) is 0 Å². The average Bonchev–Trinajstić information content (AvgIpc) is 0. The Hall–Kier alpha value is 2.54. The Balaban J connectivity index is 0. The number of hydrogen-bond donors (Lipinski definition) is 0. The van der Waals surface area contributed by atoms with Gasteiger partial charge in [-0.15, -0.1) is 0 Å². The predicted octanol–water partition coefficient (Wildman–Crippen LogP) is -0.623. The van der Waals surface area contributed by atoms with E-state index in [-0.39, 0.29) is 94.3 Å². The summed E-state index contributed by atoms with van der Waals surface area (Å²) in [6.07, 6.45) is 0. The maximum atomic E-state index is 0. The van der Waals surface area contributed by atoms with Gasteiger partial charge in [-0.25, -0.2) is 0 Å². The van der Waals surface area contributed by atoms with Gasteiger partial charge in [0.05, 0.1) is 0 Å². The second kappa shape index (κ2) is 31.1. The minimum atomic E-state index is 0. The third-order valence-corrected chi connectivity index (χ3v) is 0. The Kier molecular flexibility index (Phi) is 310. The molecule has 0 aliphatic carbocycles. The maximum absolute atomic E-state index is 0. The van der Waals surface area contributed by atoms with Crippen molar-refractivity contribution in [3.05, 3.63) is 0 Å². The van der Waals surface area contributed by atoms with E-state index in [1.807, 2.05) is 0 Å². The fourth-order valence-corrected chi connectivity index (χ4v) is 0.